The van der Waals surface area contributed by atoms with Crippen LogP contribution in [-0.2, 0) is 4.79 Å². The number of ketones is 1. The van der Waals surface area contributed by atoms with Gasteiger partial charge >= 0.3 is 6.03 Å². The maximum absolute atomic E-state index is 11.5. The Bertz CT molecular complexity index is 427. The number of hydrogen-bond donors (Lipinski definition) is 2. The van der Waals surface area contributed by atoms with Crippen molar-refractivity contribution in [2.75, 3.05) is 11.9 Å². The average molecular weight is 234 g/mol. The Kier molecular flexibility index (Phi) is 4.69. The first kappa shape index (κ1) is 13.2. The van der Waals surface area contributed by atoms with Crippen LogP contribution in [0.3, 0.4) is 0 Å². The summed E-state index contributed by atoms with van der Waals surface area (Å²) < 4.78 is 0. The molecular weight excluding hydrogens is 216 g/mol. The zero-order valence-electron chi connectivity index (χ0n) is 10.5. The molecule has 4 nitrogen and oxygen atoms in total. The van der Waals surface area contributed by atoms with Gasteiger partial charge in [-0.2, -0.15) is 0 Å². The van der Waals surface area contributed by atoms with E-state index in [1.807, 2.05) is 32.0 Å². The van der Waals surface area contributed by atoms with E-state index >= 15 is 0 Å². The fraction of sp³-hybridized carbons (Fsp3) is 0.385. The van der Waals surface area contributed by atoms with E-state index in [1.54, 1.807) is 0 Å². The number of amides is 2. The molecule has 0 radical (unpaired) electrons. The number of benzene rings is 1. The van der Waals surface area contributed by atoms with E-state index in [1.165, 1.54) is 12.5 Å². The summed E-state index contributed by atoms with van der Waals surface area (Å²) in [6, 6.07) is 5.45. The second-order valence-electron chi connectivity index (χ2n) is 4.13. The molecule has 0 unspecified atom stereocenters. The Morgan fingerprint density at radius 3 is 2.47 bits per heavy atom. The van der Waals surface area contributed by atoms with E-state index in [0.717, 1.165) is 11.3 Å². The molecular formula is C13H18N2O2. The maximum atomic E-state index is 11.5. The van der Waals surface area contributed by atoms with E-state index < -0.39 is 0 Å². The summed E-state index contributed by atoms with van der Waals surface area (Å²) in [5.74, 6) is 0.0662. The molecule has 2 amide bonds. The zero-order chi connectivity index (χ0) is 12.8. The molecule has 1 aromatic carbocycles. The number of aryl methyl sites for hydroxylation is 2. The van der Waals surface area contributed by atoms with Gasteiger partial charge in [-0.25, -0.2) is 4.79 Å². The number of urea groups is 1. The molecule has 0 saturated carbocycles. The third kappa shape index (κ3) is 4.68. The predicted octanol–water partition coefficient (Wildman–Crippen LogP) is 2.40. The van der Waals surface area contributed by atoms with Crippen LogP contribution in [0.5, 0.6) is 0 Å². The summed E-state index contributed by atoms with van der Waals surface area (Å²) in [4.78, 5) is 22.2. The summed E-state index contributed by atoms with van der Waals surface area (Å²) >= 11 is 0. The van der Waals surface area contributed by atoms with Crippen molar-refractivity contribution in [2.45, 2.75) is 27.2 Å². The highest BCUT2D eigenvalue weighted by molar-refractivity contribution is 5.89. The van der Waals surface area contributed by atoms with Crippen LogP contribution in [-0.4, -0.2) is 18.4 Å². The van der Waals surface area contributed by atoms with Gasteiger partial charge in [-0.3, -0.25) is 4.79 Å². The van der Waals surface area contributed by atoms with Gasteiger partial charge in [-0.05, 0) is 44.0 Å². The topological polar surface area (TPSA) is 58.2 Å². The summed E-state index contributed by atoms with van der Waals surface area (Å²) in [5, 5.41) is 5.35. The molecule has 0 aromatic heterocycles. The number of rotatable bonds is 4. The number of nitrogens with one attached hydrogen (secondary N) is 2. The van der Waals surface area contributed by atoms with Crippen molar-refractivity contribution in [3.63, 3.8) is 0 Å². The van der Waals surface area contributed by atoms with E-state index in [-0.39, 0.29) is 11.8 Å². The predicted molar refractivity (Wildman–Crippen MR) is 68.2 cm³/mol. The van der Waals surface area contributed by atoms with Gasteiger partial charge in [0.15, 0.2) is 0 Å². The Hall–Kier alpha value is -1.84. The Morgan fingerprint density at radius 1 is 1.18 bits per heavy atom. The number of carbonyl (C=O) groups excluding carboxylic acids is 2. The van der Waals surface area contributed by atoms with Crippen LogP contribution < -0.4 is 10.6 Å². The number of hydrogen-bond acceptors (Lipinski definition) is 2. The van der Waals surface area contributed by atoms with Gasteiger partial charge in [0.2, 0.25) is 0 Å². The SMILES string of the molecule is CC(=O)CCNC(=O)Nc1ccc(C)c(C)c1. The van der Waals surface area contributed by atoms with Crippen molar-refractivity contribution in [3.8, 4) is 0 Å². The fourth-order valence-corrected chi connectivity index (χ4v) is 1.35. The summed E-state index contributed by atoms with van der Waals surface area (Å²) in [5.41, 5.74) is 3.08. The largest absolute Gasteiger partial charge is 0.337 e. The van der Waals surface area contributed by atoms with Gasteiger partial charge in [-0.1, -0.05) is 6.07 Å². The first-order valence-corrected chi connectivity index (χ1v) is 5.60. The molecule has 0 aliphatic rings. The minimum absolute atomic E-state index is 0.0662. The van der Waals surface area contributed by atoms with Crippen molar-refractivity contribution < 1.29 is 9.59 Å². The van der Waals surface area contributed by atoms with E-state index in [4.69, 9.17) is 0 Å². The third-order valence-electron chi connectivity index (χ3n) is 2.53. The first-order valence-electron chi connectivity index (χ1n) is 5.60. The molecule has 2 N–H and O–H groups in total. The molecule has 1 aromatic rings. The standard InChI is InChI=1S/C13H18N2O2/c1-9-4-5-12(8-10(9)2)15-13(17)14-7-6-11(3)16/h4-5,8H,6-7H2,1-3H3,(H2,14,15,17). The molecule has 0 saturated heterocycles. The molecule has 0 aliphatic heterocycles. The van der Waals surface area contributed by atoms with Crippen LogP contribution in [0.25, 0.3) is 0 Å². The summed E-state index contributed by atoms with van der Waals surface area (Å²) in [6.07, 6.45) is 0.361. The highest BCUT2D eigenvalue weighted by Gasteiger charge is 2.02. The van der Waals surface area contributed by atoms with Crippen LogP contribution in [0.15, 0.2) is 18.2 Å². The van der Waals surface area contributed by atoms with Gasteiger partial charge in [0.1, 0.15) is 5.78 Å². The Morgan fingerprint density at radius 2 is 1.88 bits per heavy atom. The second kappa shape index (κ2) is 6.03. The highest BCUT2D eigenvalue weighted by Crippen LogP contribution is 2.13. The lowest BCUT2D eigenvalue weighted by Gasteiger charge is -2.08. The van der Waals surface area contributed by atoms with Crippen LogP contribution >= 0.6 is 0 Å². The molecule has 0 spiro atoms. The van der Waals surface area contributed by atoms with Gasteiger partial charge in [0.25, 0.3) is 0 Å². The fourth-order valence-electron chi connectivity index (χ4n) is 1.35. The van der Waals surface area contributed by atoms with Crippen molar-refractivity contribution in [3.05, 3.63) is 29.3 Å². The molecule has 4 heteroatoms. The minimum atomic E-state index is -0.283. The molecule has 0 bridgehead atoms. The van der Waals surface area contributed by atoms with Gasteiger partial charge in [0.05, 0.1) is 0 Å². The highest BCUT2D eigenvalue weighted by atomic mass is 16.2. The quantitative estimate of drug-likeness (QED) is 0.840. The normalized spacial score (nSPS) is 9.82. The molecule has 0 aliphatic carbocycles. The second-order valence-corrected chi connectivity index (χ2v) is 4.13. The Balaban J connectivity index is 2.45. The van der Waals surface area contributed by atoms with Gasteiger partial charge in [0, 0.05) is 18.7 Å². The van der Waals surface area contributed by atoms with Gasteiger partial charge < -0.3 is 10.6 Å². The number of Topliss-reactive ketones (excluding diaryl/α,β-unsaturated/α-hetero) is 1. The third-order valence-corrected chi connectivity index (χ3v) is 2.53. The lowest BCUT2D eigenvalue weighted by atomic mass is 10.1. The van der Waals surface area contributed by atoms with Crippen molar-refractivity contribution >= 4 is 17.5 Å². The van der Waals surface area contributed by atoms with E-state index in [9.17, 15) is 9.59 Å². The molecule has 0 heterocycles. The van der Waals surface area contributed by atoms with Crippen molar-refractivity contribution in [1.82, 2.24) is 5.32 Å². The average Bonchev–Trinajstić information content (AvgIpc) is 2.23. The van der Waals surface area contributed by atoms with Crippen molar-refractivity contribution in [2.24, 2.45) is 0 Å². The maximum Gasteiger partial charge on any atom is 0.319 e. The molecule has 17 heavy (non-hydrogen) atoms. The number of anilines is 1. The zero-order valence-corrected chi connectivity index (χ0v) is 10.5. The van der Waals surface area contributed by atoms with Crippen LogP contribution in [0, 0.1) is 13.8 Å². The van der Waals surface area contributed by atoms with Gasteiger partial charge in [-0.15, -0.1) is 0 Å². The molecule has 1 rings (SSSR count). The number of carbonyl (C=O) groups is 2. The van der Waals surface area contributed by atoms with Crippen LogP contribution in [0.2, 0.25) is 0 Å². The molecule has 0 atom stereocenters. The molecule has 92 valence electrons. The lowest BCUT2D eigenvalue weighted by molar-refractivity contribution is -0.116. The molecule has 0 fully saturated rings. The van der Waals surface area contributed by atoms with Crippen LogP contribution in [0.1, 0.15) is 24.5 Å². The van der Waals surface area contributed by atoms with Crippen molar-refractivity contribution in [1.29, 1.82) is 0 Å². The summed E-state index contributed by atoms with van der Waals surface area (Å²) in [7, 11) is 0. The van der Waals surface area contributed by atoms with Crippen LogP contribution in [0.4, 0.5) is 10.5 Å². The summed E-state index contributed by atoms with van der Waals surface area (Å²) in [6.45, 7) is 5.88. The van der Waals surface area contributed by atoms with E-state index in [0.29, 0.717) is 13.0 Å². The minimum Gasteiger partial charge on any atom is -0.337 e. The first-order chi connectivity index (χ1) is 7.99. The lowest BCUT2D eigenvalue weighted by Crippen LogP contribution is -2.30. The smallest absolute Gasteiger partial charge is 0.319 e. The van der Waals surface area contributed by atoms with E-state index in [2.05, 4.69) is 10.6 Å². The Labute approximate surface area is 101 Å². The monoisotopic (exact) mass is 234 g/mol.